The molecule has 3 aromatic carbocycles. The van der Waals surface area contributed by atoms with Gasteiger partial charge in [0.25, 0.3) is 0 Å². The highest BCUT2D eigenvalue weighted by molar-refractivity contribution is 5.38. The van der Waals surface area contributed by atoms with E-state index in [9.17, 15) is 10.2 Å². The summed E-state index contributed by atoms with van der Waals surface area (Å²) in [7, 11) is 0. The molecule has 0 saturated carbocycles. The first kappa shape index (κ1) is 14.5. The summed E-state index contributed by atoms with van der Waals surface area (Å²) in [5, 5.41) is 21.8. The summed E-state index contributed by atoms with van der Waals surface area (Å²) >= 11 is 0. The van der Waals surface area contributed by atoms with Crippen LogP contribution >= 0.6 is 0 Å². The predicted molar refractivity (Wildman–Crippen MR) is 87.3 cm³/mol. The van der Waals surface area contributed by atoms with Crippen LogP contribution in [0.15, 0.2) is 91.0 Å². The lowest BCUT2D eigenvalue weighted by molar-refractivity contribution is -0.180. The second-order valence-corrected chi connectivity index (χ2v) is 5.35. The van der Waals surface area contributed by atoms with E-state index < -0.39 is 11.7 Å². The summed E-state index contributed by atoms with van der Waals surface area (Å²) in [5.74, 6) is -2.54. The SMILES string of the molecule is OC(O)(c1ccccc1)C(c1ccccc1)c1ccccc1. The molecule has 0 saturated heterocycles. The lowest BCUT2D eigenvalue weighted by Crippen LogP contribution is -2.34. The molecule has 0 aliphatic rings. The molecule has 0 amide bonds. The second-order valence-electron chi connectivity index (χ2n) is 5.35. The zero-order chi connectivity index (χ0) is 15.4. The van der Waals surface area contributed by atoms with Gasteiger partial charge in [-0.3, -0.25) is 0 Å². The minimum Gasteiger partial charge on any atom is -0.361 e. The van der Waals surface area contributed by atoms with Crippen molar-refractivity contribution in [3.63, 3.8) is 0 Å². The van der Waals surface area contributed by atoms with Crippen LogP contribution in [0, 0.1) is 0 Å². The molecule has 0 radical (unpaired) electrons. The van der Waals surface area contributed by atoms with Crippen molar-refractivity contribution in [1.29, 1.82) is 0 Å². The number of aliphatic hydroxyl groups is 2. The first-order chi connectivity index (χ1) is 10.7. The van der Waals surface area contributed by atoms with Gasteiger partial charge in [0, 0.05) is 5.56 Å². The third-order valence-corrected chi connectivity index (χ3v) is 3.87. The molecular formula is C20H18O2. The Bertz CT molecular complexity index is 667. The zero-order valence-corrected chi connectivity index (χ0v) is 12.1. The monoisotopic (exact) mass is 290 g/mol. The molecule has 0 fully saturated rings. The van der Waals surface area contributed by atoms with Crippen molar-refractivity contribution in [3.8, 4) is 0 Å². The van der Waals surface area contributed by atoms with Crippen LogP contribution in [0.4, 0.5) is 0 Å². The fourth-order valence-electron chi connectivity index (χ4n) is 2.80. The summed E-state index contributed by atoms with van der Waals surface area (Å²) in [4.78, 5) is 0. The summed E-state index contributed by atoms with van der Waals surface area (Å²) in [6.07, 6.45) is 0. The largest absolute Gasteiger partial charge is 0.361 e. The summed E-state index contributed by atoms with van der Waals surface area (Å²) in [5.41, 5.74) is 2.21. The van der Waals surface area contributed by atoms with E-state index in [1.807, 2.05) is 78.9 Å². The fourth-order valence-corrected chi connectivity index (χ4v) is 2.80. The third-order valence-electron chi connectivity index (χ3n) is 3.87. The number of hydrogen-bond acceptors (Lipinski definition) is 2. The maximum atomic E-state index is 10.9. The Balaban J connectivity index is 2.14. The topological polar surface area (TPSA) is 40.5 Å². The van der Waals surface area contributed by atoms with Crippen LogP contribution < -0.4 is 0 Å². The Labute approximate surface area is 130 Å². The van der Waals surface area contributed by atoms with Crippen LogP contribution in [0.3, 0.4) is 0 Å². The average Bonchev–Trinajstić information content (AvgIpc) is 2.58. The fraction of sp³-hybridized carbons (Fsp3) is 0.100. The van der Waals surface area contributed by atoms with E-state index in [4.69, 9.17) is 0 Å². The van der Waals surface area contributed by atoms with E-state index in [0.29, 0.717) is 5.56 Å². The summed E-state index contributed by atoms with van der Waals surface area (Å²) in [6.45, 7) is 0. The van der Waals surface area contributed by atoms with Gasteiger partial charge in [-0.05, 0) is 11.1 Å². The molecule has 0 spiro atoms. The molecule has 0 atom stereocenters. The molecular weight excluding hydrogens is 272 g/mol. The van der Waals surface area contributed by atoms with Gasteiger partial charge in [0.2, 0.25) is 5.79 Å². The Kier molecular flexibility index (Phi) is 4.05. The van der Waals surface area contributed by atoms with Crippen LogP contribution in [-0.4, -0.2) is 10.2 Å². The van der Waals surface area contributed by atoms with Gasteiger partial charge in [-0.2, -0.15) is 0 Å². The van der Waals surface area contributed by atoms with Gasteiger partial charge >= 0.3 is 0 Å². The van der Waals surface area contributed by atoms with Crippen LogP contribution in [0.1, 0.15) is 22.6 Å². The smallest absolute Gasteiger partial charge is 0.201 e. The van der Waals surface area contributed by atoms with Crippen molar-refractivity contribution in [2.45, 2.75) is 11.7 Å². The lowest BCUT2D eigenvalue weighted by Gasteiger charge is -2.32. The van der Waals surface area contributed by atoms with Crippen LogP contribution in [0.25, 0.3) is 0 Å². The van der Waals surface area contributed by atoms with E-state index in [2.05, 4.69) is 0 Å². The number of rotatable bonds is 4. The summed E-state index contributed by atoms with van der Waals surface area (Å²) < 4.78 is 0. The highest BCUT2D eigenvalue weighted by Gasteiger charge is 2.38. The minimum absolute atomic E-state index is 0.479. The maximum absolute atomic E-state index is 10.9. The first-order valence-corrected chi connectivity index (χ1v) is 7.30. The Morgan fingerprint density at radius 2 is 0.909 bits per heavy atom. The molecule has 0 aromatic heterocycles. The quantitative estimate of drug-likeness (QED) is 0.720. The van der Waals surface area contributed by atoms with Crippen molar-refractivity contribution < 1.29 is 10.2 Å². The maximum Gasteiger partial charge on any atom is 0.201 e. The average molecular weight is 290 g/mol. The molecule has 110 valence electrons. The normalized spacial score (nSPS) is 11.6. The van der Waals surface area contributed by atoms with Crippen molar-refractivity contribution in [2.75, 3.05) is 0 Å². The van der Waals surface area contributed by atoms with Crippen molar-refractivity contribution >= 4 is 0 Å². The summed E-state index contributed by atoms with van der Waals surface area (Å²) in [6, 6.07) is 28.1. The molecule has 22 heavy (non-hydrogen) atoms. The molecule has 3 aromatic rings. The van der Waals surface area contributed by atoms with Crippen molar-refractivity contribution in [3.05, 3.63) is 108 Å². The number of hydrogen-bond donors (Lipinski definition) is 2. The van der Waals surface area contributed by atoms with Crippen molar-refractivity contribution in [2.24, 2.45) is 0 Å². The zero-order valence-electron chi connectivity index (χ0n) is 12.1. The second kappa shape index (κ2) is 6.14. The van der Waals surface area contributed by atoms with Gasteiger partial charge < -0.3 is 10.2 Å². The first-order valence-electron chi connectivity index (χ1n) is 7.30. The highest BCUT2D eigenvalue weighted by Crippen LogP contribution is 2.39. The molecule has 2 nitrogen and oxygen atoms in total. The predicted octanol–water partition coefficient (Wildman–Crippen LogP) is 3.66. The van der Waals surface area contributed by atoms with Gasteiger partial charge in [0.1, 0.15) is 0 Å². The molecule has 0 aliphatic heterocycles. The van der Waals surface area contributed by atoms with Crippen LogP contribution in [-0.2, 0) is 5.79 Å². The molecule has 3 rings (SSSR count). The highest BCUT2D eigenvalue weighted by atomic mass is 16.5. The Morgan fingerprint density at radius 1 is 0.545 bits per heavy atom. The van der Waals surface area contributed by atoms with E-state index >= 15 is 0 Å². The number of benzene rings is 3. The van der Waals surface area contributed by atoms with Gasteiger partial charge in [-0.15, -0.1) is 0 Å². The van der Waals surface area contributed by atoms with Crippen molar-refractivity contribution in [1.82, 2.24) is 0 Å². The minimum atomic E-state index is -1.98. The van der Waals surface area contributed by atoms with Crippen LogP contribution in [0.5, 0.6) is 0 Å². The molecule has 0 aliphatic carbocycles. The molecule has 2 N–H and O–H groups in total. The van der Waals surface area contributed by atoms with Gasteiger partial charge in [-0.1, -0.05) is 91.0 Å². The Morgan fingerprint density at radius 3 is 1.32 bits per heavy atom. The van der Waals surface area contributed by atoms with Gasteiger partial charge in [0.05, 0.1) is 5.92 Å². The standard InChI is InChI=1S/C20H18O2/c21-20(22,18-14-8-3-9-15-18)19(16-10-4-1-5-11-16)17-12-6-2-7-13-17/h1-15,19,21-22H. The molecule has 0 heterocycles. The van der Waals surface area contributed by atoms with Gasteiger partial charge in [-0.25, -0.2) is 0 Å². The van der Waals surface area contributed by atoms with E-state index in [1.165, 1.54) is 0 Å². The van der Waals surface area contributed by atoms with Crippen LogP contribution in [0.2, 0.25) is 0 Å². The van der Waals surface area contributed by atoms with E-state index in [0.717, 1.165) is 11.1 Å². The molecule has 0 bridgehead atoms. The molecule has 2 heteroatoms. The Hall–Kier alpha value is -2.42. The van der Waals surface area contributed by atoms with E-state index in [1.54, 1.807) is 12.1 Å². The third kappa shape index (κ3) is 2.80. The lowest BCUT2D eigenvalue weighted by atomic mass is 9.81. The van der Waals surface area contributed by atoms with Gasteiger partial charge in [0.15, 0.2) is 0 Å². The molecule has 0 unspecified atom stereocenters. The van der Waals surface area contributed by atoms with E-state index in [-0.39, 0.29) is 0 Å².